The number of pyridine rings is 1. The fourth-order valence-corrected chi connectivity index (χ4v) is 2.48. The molecule has 1 N–H and O–H groups in total. The van der Waals surface area contributed by atoms with Crippen LogP contribution in [0.15, 0.2) is 73.1 Å². The number of carbonyl (C=O) groups is 1. The van der Waals surface area contributed by atoms with Crippen molar-refractivity contribution < 1.29 is 18.8 Å². The Hall–Kier alpha value is -4.07. The summed E-state index contributed by atoms with van der Waals surface area (Å²) < 4.78 is 19.6. The highest BCUT2D eigenvalue weighted by atomic mass is 19.1. The molecule has 0 radical (unpaired) electrons. The largest absolute Gasteiger partial charge is 0.453 e. The average molecular weight is 393 g/mol. The van der Waals surface area contributed by atoms with Crippen molar-refractivity contribution in [3.8, 4) is 11.5 Å². The van der Waals surface area contributed by atoms with Crippen LogP contribution in [0.3, 0.4) is 0 Å². The number of carbonyl (C=O) groups excluding carboxylic acids is 1. The molecule has 0 saturated carbocycles. The minimum absolute atomic E-state index is 0.0457. The molecule has 0 fully saturated rings. The molecule has 0 aliphatic carbocycles. The van der Waals surface area contributed by atoms with Crippen molar-refractivity contribution in [1.82, 2.24) is 10.3 Å². The summed E-state index contributed by atoms with van der Waals surface area (Å²) in [4.78, 5) is 26.3. The highest BCUT2D eigenvalue weighted by molar-refractivity contribution is 5.92. The molecule has 146 valence electrons. The third-order valence-electron chi connectivity index (χ3n) is 3.87. The van der Waals surface area contributed by atoms with E-state index in [-0.39, 0.29) is 18.0 Å². The van der Waals surface area contributed by atoms with E-state index in [1.165, 1.54) is 42.6 Å². The number of hydrogen-bond donors (Lipinski definition) is 1. The molecule has 0 aliphatic rings. The van der Waals surface area contributed by atoms with Crippen molar-refractivity contribution in [1.29, 1.82) is 0 Å². The molecule has 0 saturated heterocycles. The van der Waals surface area contributed by atoms with Crippen molar-refractivity contribution in [2.24, 2.45) is 0 Å². The molecule has 0 atom stereocenters. The van der Waals surface area contributed by atoms with E-state index < -0.39 is 16.6 Å². The maximum atomic E-state index is 14.2. The van der Waals surface area contributed by atoms with Crippen LogP contribution in [-0.4, -0.2) is 15.8 Å². The molecule has 2 aromatic carbocycles. The van der Waals surface area contributed by atoms with Crippen LogP contribution in [0, 0.1) is 15.9 Å². The Labute approximate surface area is 165 Å². The van der Waals surface area contributed by atoms with Crippen LogP contribution in [-0.2, 0) is 11.3 Å². The predicted octanol–water partition coefficient (Wildman–Crippen LogP) is 4.25. The van der Waals surface area contributed by atoms with Gasteiger partial charge in [0.2, 0.25) is 5.91 Å². The first-order valence-corrected chi connectivity index (χ1v) is 8.58. The molecule has 1 aromatic heterocycles. The maximum Gasteiger partial charge on any atom is 0.276 e. The van der Waals surface area contributed by atoms with E-state index >= 15 is 0 Å². The average Bonchev–Trinajstić information content (AvgIpc) is 2.73. The van der Waals surface area contributed by atoms with Gasteiger partial charge in [-0.15, -0.1) is 0 Å². The van der Waals surface area contributed by atoms with E-state index in [2.05, 4.69) is 10.3 Å². The molecule has 0 unspecified atom stereocenters. The standard InChI is InChI=1S/C21H16FN3O4/c22-18-12-15(7-9-20(18)29-17-5-3-11-23-14-17)13-24-21(26)10-8-16-4-1-2-6-19(16)25(27)28/h1-12,14H,13H2,(H,24,26). The van der Waals surface area contributed by atoms with Crippen molar-refractivity contribution in [2.45, 2.75) is 6.54 Å². The third kappa shape index (κ3) is 5.46. The fraction of sp³-hybridized carbons (Fsp3) is 0.0476. The van der Waals surface area contributed by atoms with Crippen LogP contribution in [0.4, 0.5) is 10.1 Å². The Bertz CT molecular complexity index is 1050. The van der Waals surface area contributed by atoms with Crippen molar-refractivity contribution >= 4 is 17.7 Å². The van der Waals surface area contributed by atoms with Crippen molar-refractivity contribution in [3.05, 3.63) is 100 Å². The summed E-state index contributed by atoms with van der Waals surface area (Å²) in [6.07, 6.45) is 5.61. The number of nitrogens with one attached hydrogen (secondary N) is 1. The van der Waals surface area contributed by atoms with Gasteiger partial charge in [0.1, 0.15) is 5.75 Å². The lowest BCUT2D eigenvalue weighted by Crippen LogP contribution is -2.20. The molecule has 0 spiro atoms. The molecular weight excluding hydrogens is 377 g/mol. The topological polar surface area (TPSA) is 94.4 Å². The van der Waals surface area contributed by atoms with Gasteiger partial charge in [-0.05, 0) is 42.0 Å². The number of aromatic nitrogens is 1. The number of nitro benzene ring substituents is 1. The highest BCUT2D eigenvalue weighted by Crippen LogP contribution is 2.24. The van der Waals surface area contributed by atoms with Gasteiger partial charge in [-0.25, -0.2) is 4.39 Å². The van der Waals surface area contributed by atoms with Gasteiger partial charge in [0.05, 0.1) is 16.7 Å². The Morgan fingerprint density at radius 2 is 2.03 bits per heavy atom. The number of nitrogens with zero attached hydrogens (tertiary/aromatic N) is 2. The molecule has 0 bridgehead atoms. The van der Waals surface area contributed by atoms with Crippen LogP contribution < -0.4 is 10.1 Å². The van der Waals surface area contributed by atoms with Crippen molar-refractivity contribution in [3.63, 3.8) is 0 Å². The summed E-state index contributed by atoms with van der Waals surface area (Å²) in [5, 5.41) is 13.6. The number of ether oxygens (including phenoxy) is 1. The first-order valence-electron chi connectivity index (χ1n) is 8.58. The van der Waals surface area contributed by atoms with Crippen LogP contribution >= 0.6 is 0 Å². The number of amides is 1. The number of halogens is 1. The number of nitro groups is 1. The maximum absolute atomic E-state index is 14.2. The molecule has 8 heteroatoms. The van der Waals surface area contributed by atoms with E-state index in [0.717, 1.165) is 0 Å². The first kappa shape index (κ1) is 19.7. The van der Waals surface area contributed by atoms with Crippen LogP contribution in [0.1, 0.15) is 11.1 Å². The molecule has 0 aliphatic heterocycles. The van der Waals surface area contributed by atoms with Crippen LogP contribution in [0.5, 0.6) is 11.5 Å². The van der Waals surface area contributed by atoms with E-state index in [0.29, 0.717) is 16.9 Å². The molecule has 3 rings (SSSR count). The van der Waals surface area contributed by atoms with Gasteiger partial charge in [-0.1, -0.05) is 18.2 Å². The summed E-state index contributed by atoms with van der Waals surface area (Å²) in [7, 11) is 0. The smallest absolute Gasteiger partial charge is 0.276 e. The number of para-hydroxylation sites is 1. The second-order valence-electron chi connectivity index (χ2n) is 5.92. The SMILES string of the molecule is O=C(C=Cc1ccccc1[N+](=O)[O-])NCc1ccc(Oc2cccnc2)c(F)c1. The number of rotatable bonds is 7. The Kier molecular flexibility index (Phi) is 6.26. The lowest BCUT2D eigenvalue weighted by atomic mass is 10.1. The molecule has 7 nitrogen and oxygen atoms in total. The van der Waals surface area contributed by atoms with Gasteiger partial charge in [-0.3, -0.25) is 19.9 Å². The second-order valence-corrected chi connectivity index (χ2v) is 5.92. The minimum Gasteiger partial charge on any atom is -0.453 e. The number of hydrogen-bond acceptors (Lipinski definition) is 5. The minimum atomic E-state index is -0.573. The lowest BCUT2D eigenvalue weighted by Gasteiger charge is -2.08. The number of benzene rings is 2. The van der Waals surface area contributed by atoms with Gasteiger partial charge in [0, 0.05) is 24.9 Å². The summed E-state index contributed by atoms with van der Waals surface area (Å²) in [5.74, 6) is -0.577. The second kappa shape index (κ2) is 9.23. The zero-order valence-corrected chi connectivity index (χ0v) is 15.1. The van der Waals surface area contributed by atoms with E-state index in [4.69, 9.17) is 4.74 Å². The fourth-order valence-electron chi connectivity index (χ4n) is 2.48. The molecule has 29 heavy (non-hydrogen) atoms. The molecule has 1 heterocycles. The van der Waals surface area contributed by atoms with Gasteiger partial charge in [0.25, 0.3) is 5.69 Å². The van der Waals surface area contributed by atoms with Gasteiger partial charge in [0.15, 0.2) is 11.6 Å². The molecule has 1 amide bonds. The van der Waals surface area contributed by atoms with Crippen LogP contribution in [0.25, 0.3) is 6.08 Å². The summed E-state index contributed by atoms with van der Waals surface area (Å²) in [5.41, 5.74) is 0.756. The van der Waals surface area contributed by atoms with Gasteiger partial charge in [-0.2, -0.15) is 0 Å². The Balaban J connectivity index is 1.59. The Morgan fingerprint density at radius 3 is 2.76 bits per heavy atom. The molecular formula is C21H16FN3O4. The Morgan fingerprint density at radius 1 is 1.21 bits per heavy atom. The van der Waals surface area contributed by atoms with Crippen LogP contribution in [0.2, 0.25) is 0 Å². The quantitative estimate of drug-likeness (QED) is 0.368. The monoisotopic (exact) mass is 393 g/mol. The zero-order valence-electron chi connectivity index (χ0n) is 15.1. The zero-order chi connectivity index (χ0) is 20.6. The first-order chi connectivity index (χ1) is 14.0. The summed E-state index contributed by atoms with van der Waals surface area (Å²) in [6, 6.07) is 13.8. The van der Waals surface area contributed by atoms with E-state index in [1.54, 1.807) is 36.5 Å². The van der Waals surface area contributed by atoms with Gasteiger partial charge < -0.3 is 10.1 Å². The van der Waals surface area contributed by atoms with Crippen molar-refractivity contribution in [2.75, 3.05) is 0 Å². The summed E-state index contributed by atoms with van der Waals surface area (Å²) >= 11 is 0. The van der Waals surface area contributed by atoms with Gasteiger partial charge >= 0.3 is 0 Å². The molecule has 3 aromatic rings. The van der Waals surface area contributed by atoms with E-state index in [1.807, 2.05) is 0 Å². The summed E-state index contributed by atoms with van der Waals surface area (Å²) in [6.45, 7) is 0.0874. The van der Waals surface area contributed by atoms with E-state index in [9.17, 15) is 19.3 Å². The normalized spacial score (nSPS) is 10.7. The third-order valence-corrected chi connectivity index (χ3v) is 3.87. The highest BCUT2D eigenvalue weighted by Gasteiger charge is 2.10. The predicted molar refractivity (Wildman–Crippen MR) is 105 cm³/mol. The lowest BCUT2D eigenvalue weighted by molar-refractivity contribution is -0.385.